The number of hydrogen-bond donors (Lipinski definition) is 1. The number of benzene rings is 1. The van der Waals surface area contributed by atoms with Crippen LogP contribution in [0, 0.1) is 0 Å². The topological polar surface area (TPSA) is 51.3 Å². The number of piperidine rings is 2. The van der Waals surface area contributed by atoms with Gasteiger partial charge in [-0.25, -0.2) is 0 Å². The van der Waals surface area contributed by atoms with Gasteiger partial charge in [0.2, 0.25) is 0 Å². The van der Waals surface area contributed by atoms with Crippen molar-refractivity contribution in [2.75, 3.05) is 18.9 Å². The monoisotopic (exact) mass is 379 g/mol. The fourth-order valence-electron chi connectivity index (χ4n) is 4.98. The maximum atomic E-state index is 12.8. The molecule has 4 nitrogen and oxygen atoms in total. The summed E-state index contributed by atoms with van der Waals surface area (Å²) in [7, 11) is 0. The summed E-state index contributed by atoms with van der Waals surface area (Å²) in [6.45, 7) is 2.44. The van der Waals surface area contributed by atoms with Crippen LogP contribution in [-0.4, -0.2) is 34.5 Å². The lowest BCUT2D eigenvalue weighted by Gasteiger charge is -2.42. The van der Waals surface area contributed by atoms with Gasteiger partial charge in [0, 0.05) is 34.1 Å². The molecule has 2 N–H and O–H groups in total. The second kappa shape index (κ2) is 6.80. The first-order chi connectivity index (χ1) is 13.2. The maximum absolute atomic E-state index is 12.8. The molecule has 5 heteroatoms. The molecule has 0 aliphatic carbocycles. The lowest BCUT2D eigenvalue weighted by Crippen LogP contribution is -2.44. The number of carbonyl (C=O) groups is 1. The van der Waals surface area contributed by atoms with Gasteiger partial charge in [-0.2, -0.15) is 11.3 Å². The summed E-state index contributed by atoms with van der Waals surface area (Å²) in [5.74, 6) is 6.88. The van der Waals surface area contributed by atoms with Gasteiger partial charge < -0.3 is 10.7 Å². The van der Waals surface area contributed by atoms with E-state index in [2.05, 4.69) is 17.2 Å². The van der Waals surface area contributed by atoms with Crippen LogP contribution in [0.25, 0.3) is 10.9 Å². The largest absolute Gasteiger partial charge is 0.339 e. The molecule has 0 spiro atoms. The van der Waals surface area contributed by atoms with Gasteiger partial charge in [-0.1, -0.05) is 6.42 Å². The Kier molecular flexibility index (Phi) is 4.29. The first kappa shape index (κ1) is 17.0. The molecule has 27 heavy (non-hydrogen) atoms. The van der Waals surface area contributed by atoms with Crippen LogP contribution in [0.15, 0.2) is 41.2 Å². The molecule has 2 aromatic heterocycles. The van der Waals surface area contributed by atoms with Crippen molar-refractivity contribution in [3.8, 4) is 0 Å². The second-order valence-electron chi connectivity index (χ2n) is 7.97. The van der Waals surface area contributed by atoms with E-state index in [4.69, 9.17) is 5.84 Å². The normalized spacial score (nSPS) is 23.4. The minimum atomic E-state index is 0.0935. The second-order valence-corrected chi connectivity index (χ2v) is 8.75. The zero-order chi connectivity index (χ0) is 18.4. The molecule has 2 aliphatic rings. The van der Waals surface area contributed by atoms with Crippen molar-refractivity contribution in [2.24, 2.45) is 0 Å². The number of thiophene rings is 1. The summed E-state index contributed by atoms with van der Waals surface area (Å²) in [5.41, 5.74) is 3.85. The van der Waals surface area contributed by atoms with Gasteiger partial charge in [-0.15, -0.1) is 0 Å². The Hall–Kier alpha value is -2.11. The maximum Gasteiger partial charge on any atom is 0.193 e. The summed E-state index contributed by atoms with van der Waals surface area (Å²) < 4.78 is 1.73. The van der Waals surface area contributed by atoms with E-state index >= 15 is 0 Å². The van der Waals surface area contributed by atoms with E-state index in [-0.39, 0.29) is 5.78 Å². The molecule has 2 unspecified atom stereocenters. The Balaban J connectivity index is 1.50. The molecule has 2 saturated heterocycles. The van der Waals surface area contributed by atoms with Crippen molar-refractivity contribution in [3.63, 3.8) is 0 Å². The molecule has 0 saturated carbocycles. The number of nitrogens with two attached hydrogens (primary N) is 1. The standard InChI is InChI=1S/C22H25N3OS/c23-25-13-20(15-6-9-24-8-2-1-3-18(24)11-15)19-12-16(4-5-21(19)25)22(26)17-7-10-27-14-17/h4-5,7,10,12-15,18H,1-3,6,8-9,11,23H2. The molecule has 1 aromatic carbocycles. The Labute approximate surface area is 163 Å². The molecule has 0 bridgehead atoms. The number of hydrogen-bond acceptors (Lipinski definition) is 4. The van der Waals surface area contributed by atoms with Gasteiger partial charge in [0.05, 0.1) is 5.52 Å². The minimum Gasteiger partial charge on any atom is -0.339 e. The van der Waals surface area contributed by atoms with Gasteiger partial charge >= 0.3 is 0 Å². The van der Waals surface area contributed by atoms with Crippen molar-refractivity contribution < 1.29 is 4.79 Å². The number of aromatic nitrogens is 1. The first-order valence-electron chi connectivity index (χ1n) is 9.92. The van der Waals surface area contributed by atoms with Crippen molar-refractivity contribution in [2.45, 2.75) is 44.1 Å². The highest BCUT2D eigenvalue weighted by molar-refractivity contribution is 7.08. The highest BCUT2D eigenvalue weighted by Gasteiger charge is 2.32. The average Bonchev–Trinajstić information content (AvgIpc) is 3.35. The highest BCUT2D eigenvalue weighted by atomic mass is 32.1. The van der Waals surface area contributed by atoms with E-state index in [1.54, 1.807) is 16.0 Å². The molecule has 2 fully saturated rings. The third kappa shape index (κ3) is 2.99. The molecular formula is C22H25N3OS. The number of ketones is 1. The van der Waals surface area contributed by atoms with Crippen LogP contribution in [0.5, 0.6) is 0 Å². The predicted octanol–water partition coefficient (Wildman–Crippen LogP) is 4.38. The molecule has 0 amide bonds. The van der Waals surface area contributed by atoms with Crippen molar-refractivity contribution in [3.05, 3.63) is 57.9 Å². The van der Waals surface area contributed by atoms with E-state index in [0.717, 1.165) is 22.0 Å². The van der Waals surface area contributed by atoms with Crippen LogP contribution in [0.4, 0.5) is 0 Å². The van der Waals surface area contributed by atoms with Crippen LogP contribution in [0.1, 0.15) is 59.5 Å². The predicted molar refractivity (Wildman–Crippen MR) is 111 cm³/mol. The highest BCUT2D eigenvalue weighted by Crippen LogP contribution is 2.39. The summed E-state index contributed by atoms with van der Waals surface area (Å²) in [4.78, 5) is 15.5. The van der Waals surface area contributed by atoms with Crippen LogP contribution in [0.2, 0.25) is 0 Å². The van der Waals surface area contributed by atoms with Gasteiger partial charge in [0.1, 0.15) is 0 Å². The van der Waals surface area contributed by atoms with Gasteiger partial charge in [-0.05, 0) is 79.9 Å². The van der Waals surface area contributed by atoms with Gasteiger partial charge in [0.25, 0.3) is 0 Å². The van der Waals surface area contributed by atoms with Gasteiger partial charge in [-0.3, -0.25) is 9.47 Å². The number of fused-ring (bicyclic) bond motifs is 2. The number of carbonyl (C=O) groups excluding carboxylic acids is 1. The molecule has 5 rings (SSSR count). The summed E-state index contributed by atoms with van der Waals surface area (Å²) >= 11 is 1.56. The quantitative estimate of drug-likeness (QED) is 0.543. The summed E-state index contributed by atoms with van der Waals surface area (Å²) in [6, 6.07) is 8.56. The van der Waals surface area contributed by atoms with Crippen LogP contribution in [0.3, 0.4) is 0 Å². The Morgan fingerprint density at radius 1 is 1.11 bits per heavy atom. The average molecular weight is 380 g/mol. The van der Waals surface area contributed by atoms with Crippen molar-refractivity contribution in [1.82, 2.24) is 9.58 Å². The first-order valence-corrected chi connectivity index (χ1v) is 10.9. The zero-order valence-electron chi connectivity index (χ0n) is 15.4. The van der Waals surface area contributed by atoms with Crippen LogP contribution < -0.4 is 5.84 Å². The fraction of sp³-hybridized carbons (Fsp3) is 0.409. The Bertz CT molecular complexity index is 975. The molecule has 0 radical (unpaired) electrons. The molecule has 2 atom stereocenters. The summed E-state index contributed by atoms with van der Waals surface area (Å²) in [6.07, 6.45) is 8.50. The summed E-state index contributed by atoms with van der Waals surface area (Å²) in [5, 5.41) is 5.01. The molecule has 3 aromatic rings. The minimum absolute atomic E-state index is 0.0935. The van der Waals surface area contributed by atoms with E-state index in [1.165, 1.54) is 50.8 Å². The lowest BCUT2D eigenvalue weighted by atomic mass is 9.82. The number of nitrogen functional groups attached to an aromatic ring is 1. The third-order valence-corrected chi connectivity index (χ3v) is 7.10. The van der Waals surface area contributed by atoms with Crippen LogP contribution in [-0.2, 0) is 0 Å². The number of rotatable bonds is 3. The van der Waals surface area contributed by atoms with E-state index in [0.29, 0.717) is 12.0 Å². The Morgan fingerprint density at radius 2 is 2.04 bits per heavy atom. The van der Waals surface area contributed by atoms with Crippen molar-refractivity contribution in [1.29, 1.82) is 0 Å². The molecular weight excluding hydrogens is 354 g/mol. The zero-order valence-corrected chi connectivity index (χ0v) is 16.3. The van der Waals surface area contributed by atoms with E-state index in [1.807, 2.05) is 29.0 Å². The molecule has 4 heterocycles. The van der Waals surface area contributed by atoms with E-state index < -0.39 is 0 Å². The third-order valence-electron chi connectivity index (χ3n) is 6.42. The SMILES string of the molecule is Nn1cc(C2CCN3CCCCC3C2)c2cc(C(=O)c3ccsc3)ccc21. The Morgan fingerprint density at radius 3 is 2.89 bits per heavy atom. The smallest absolute Gasteiger partial charge is 0.193 e. The number of nitrogens with zero attached hydrogens (tertiary/aromatic N) is 2. The molecule has 2 aliphatic heterocycles. The fourth-order valence-corrected chi connectivity index (χ4v) is 5.62. The lowest BCUT2D eigenvalue weighted by molar-refractivity contribution is 0.0977. The van der Waals surface area contributed by atoms with Gasteiger partial charge in [0.15, 0.2) is 5.78 Å². The van der Waals surface area contributed by atoms with Crippen LogP contribution >= 0.6 is 11.3 Å². The van der Waals surface area contributed by atoms with Crippen molar-refractivity contribution >= 4 is 28.0 Å². The van der Waals surface area contributed by atoms with E-state index in [9.17, 15) is 4.79 Å². The molecule has 140 valence electrons.